The van der Waals surface area contributed by atoms with Crippen LogP contribution in [-0.4, -0.2) is 59.7 Å². The van der Waals surface area contributed by atoms with Crippen LogP contribution >= 0.6 is 0 Å². The second kappa shape index (κ2) is 13.6. The SMILES string of the molecule is Cc1ccc(S(=O)(=O)OCCCCCOCCOCCNC(=O)OC(C)(C)C)cc1. The van der Waals surface area contributed by atoms with Crippen LogP contribution in [0.25, 0.3) is 0 Å². The standard InChI is InChI=1S/C21H35NO7S/c1-18-8-10-19(11-9-18)30(24,25)28-14-7-5-6-13-26-16-17-27-15-12-22-20(23)29-21(2,3)4/h8-11H,5-7,12-17H2,1-4H3,(H,22,23). The number of alkyl carbamates (subject to hydrolysis) is 1. The molecule has 0 fully saturated rings. The van der Waals surface area contributed by atoms with Crippen LogP contribution < -0.4 is 5.32 Å². The fourth-order valence-corrected chi connectivity index (χ4v) is 3.23. The molecule has 0 heterocycles. The average molecular weight is 446 g/mol. The summed E-state index contributed by atoms with van der Waals surface area (Å²) in [5, 5.41) is 2.61. The first-order valence-corrected chi connectivity index (χ1v) is 11.6. The molecule has 0 aliphatic heterocycles. The van der Waals surface area contributed by atoms with E-state index in [1.807, 2.05) is 6.92 Å². The van der Waals surface area contributed by atoms with Crippen molar-refractivity contribution in [3.63, 3.8) is 0 Å². The third kappa shape index (κ3) is 12.8. The van der Waals surface area contributed by atoms with Gasteiger partial charge in [0.1, 0.15) is 5.60 Å². The van der Waals surface area contributed by atoms with Crippen molar-refractivity contribution in [1.82, 2.24) is 5.32 Å². The van der Waals surface area contributed by atoms with Crippen molar-refractivity contribution in [2.75, 3.05) is 39.6 Å². The van der Waals surface area contributed by atoms with Crippen LogP contribution in [0.1, 0.15) is 45.6 Å². The summed E-state index contributed by atoms with van der Waals surface area (Å²) < 4.78 is 45.1. The molecular formula is C21H35NO7S. The van der Waals surface area contributed by atoms with Crippen molar-refractivity contribution in [3.8, 4) is 0 Å². The van der Waals surface area contributed by atoms with E-state index < -0.39 is 21.8 Å². The lowest BCUT2D eigenvalue weighted by atomic mass is 10.2. The molecule has 0 atom stereocenters. The smallest absolute Gasteiger partial charge is 0.407 e. The molecule has 1 aromatic rings. The van der Waals surface area contributed by atoms with E-state index in [0.29, 0.717) is 39.4 Å². The largest absolute Gasteiger partial charge is 0.444 e. The lowest BCUT2D eigenvalue weighted by Crippen LogP contribution is -2.34. The first kappa shape index (κ1) is 26.4. The Morgan fingerprint density at radius 3 is 2.13 bits per heavy atom. The van der Waals surface area contributed by atoms with Gasteiger partial charge in [-0.1, -0.05) is 17.7 Å². The molecule has 0 radical (unpaired) electrons. The highest BCUT2D eigenvalue weighted by molar-refractivity contribution is 7.86. The van der Waals surface area contributed by atoms with Gasteiger partial charge in [-0.15, -0.1) is 0 Å². The molecule has 0 saturated carbocycles. The first-order chi connectivity index (χ1) is 14.1. The van der Waals surface area contributed by atoms with Gasteiger partial charge in [0.25, 0.3) is 10.1 Å². The third-order valence-corrected chi connectivity index (χ3v) is 5.09. The monoisotopic (exact) mass is 445 g/mol. The fourth-order valence-electron chi connectivity index (χ4n) is 2.29. The minimum Gasteiger partial charge on any atom is -0.444 e. The van der Waals surface area contributed by atoms with Crippen LogP contribution in [-0.2, 0) is 28.5 Å². The number of hydrogen-bond donors (Lipinski definition) is 1. The van der Waals surface area contributed by atoms with E-state index in [2.05, 4.69) is 5.32 Å². The van der Waals surface area contributed by atoms with Gasteiger partial charge in [0.15, 0.2) is 0 Å². The van der Waals surface area contributed by atoms with E-state index in [9.17, 15) is 13.2 Å². The van der Waals surface area contributed by atoms with E-state index in [1.165, 1.54) is 0 Å². The number of hydrogen-bond acceptors (Lipinski definition) is 7. The number of nitrogens with one attached hydrogen (secondary N) is 1. The summed E-state index contributed by atoms with van der Waals surface area (Å²) in [6, 6.07) is 6.59. The highest BCUT2D eigenvalue weighted by Crippen LogP contribution is 2.13. The summed E-state index contributed by atoms with van der Waals surface area (Å²) in [5.41, 5.74) is 0.483. The molecule has 0 saturated heterocycles. The predicted octanol–water partition coefficient (Wildman–Crippen LogP) is 3.43. The Hall–Kier alpha value is -1.68. The minimum absolute atomic E-state index is 0.157. The Balaban J connectivity index is 1.93. The Bertz CT molecular complexity index is 712. The second-order valence-electron chi connectivity index (χ2n) is 7.80. The zero-order valence-corrected chi connectivity index (χ0v) is 19.3. The average Bonchev–Trinajstić information content (AvgIpc) is 2.64. The molecule has 1 N–H and O–H groups in total. The molecule has 1 amide bonds. The number of ether oxygens (including phenoxy) is 3. The van der Waals surface area contributed by atoms with E-state index in [1.54, 1.807) is 45.0 Å². The number of rotatable bonds is 14. The summed E-state index contributed by atoms with van der Waals surface area (Å²) in [5.74, 6) is 0. The van der Waals surface area contributed by atoms with Gasteiger partial charge in [-0.2, -0.15) is 8.42 Å². The quantitative estimate of drug-likeness (QED) is 0.346. The number of unbranched alkanes of at least 4 members (excludes halogenated alkanes) is 2. The Kier molecular flexibility index (Phi) is 11.9. The predicted molar refractivity (Wildman–Crippen MR) is 114 cm³/mol. The van der Waals surface area contributed by atoms with Gasteiger partial charge in [0.05, 0.1) is 31.3 Å². The number of benzene rings is 1. The van der Waals surface area contributed by atoms with Crippen LogP contribution in [0.2, 0.25) is 0 Å². The van der Waals surface area contributed by atoms with Crippen LogP contribution in [0.5, 0.6) is 0 Å². The molecule has 0 unspecified atom stereocenters. The molecule has 0 aromatic heterocycles. The van der Waals surface area contributed by atoms with Gasteiger partial charge >= 0.3 is 6.09 Å². The second-order valence-corrected chi connectivity index (χ2v) is 9.42. The third-order valence-electron chi connectivity index (χ3n) is 3.77. The maximum Gasteiger partial charge on any atom is 0.407 e. The molecule has 1 aromatic carbocycles. The van der Waals surface area contributed by atoms with Crippen molar-refractivity contribution < 1.29 is 31.6 Å². The zero-order valence-electron chi connectivity index (χ0n) is 18.4. The number of carbonyl (C=O) groups excluding carboxylic acids is 1. The van der Waals surface area contributed by atoms with Crippen molar-refractivity contribution in [3.05, 3.63) is 29.8 Å². The van der Waals surface area contributed by atoms with E-state index >= 15 is 0 Å². The first-order valence-electron chi connectivity index (χ1n) is 10.2. The molecule has 0 aliphatic carbocycles. The molecule has 8 nitrogen and oxygen atoms in total. The molecule has 0 spiro atoms. The summed E-state index contributed by atoms with van der Waals surface area (Å²) in [7, 11) is -3.69. The highest BCUT2D eigenvalue weighted by Gasteiger charge is 2.15. The molecule has 172 valence electrons. The van der Waals surface area contributed by atoms with Crippen LogP contribution in [0.15, 0.2) is 29.2 Å². The molecule has 0 bridgehead atoms. The van der Waals surface area contributed by atoms with E-state index in [0.717, 1.165) is 18.4 Å². The Morgan fingerprint density at radius 2 is 1.50 bits per heavy atom. The fraction of sp³-hybridized carbons (Fsp3) is 0.667. The summed E-state index contributed by atoms with van der Waals surface area (Å²) >= 11 is 0. The van der Waals surface area contributed by atoms with Crippen molar-refractivity contribution in [1.29, 1.82) is 0 Å². The summed E-state index contributed by atoms with van der Waals surface area (Å²) in [6.07, 6.45) is 1.80. The minimum atomic E-state index is -3.69. The van der Waals surface area contributed by atoms with Gasteiger partial charge < -0.3 is 19.5 Å². The topological polar surface area (TPSA) is 100 Å². The van der Waals surface area contributed by atoms with Gasteiger partial charge in [-0.3, -0.25) is 4.18 Å². The molecular weight excluding hydrogens is 410 g/mol. The van der Waals surface area contributed by atoms with Crippen molar-refractivity contribution >= 4 is 16.2 Å². The summed E-state index contributed by atoms with van der Waals surface area (Å²) in [4.78, 5) is 11.6. The van der Waals surface area contributed by atoms with Crippen LogP contribution in [0, 0.1) is 6.92 Å². The van der Waals surface area contributed by atoms with Gasteiger partial charge in [-0.25, -0.2) is 4.79 Å². The molecule has 1 rings (SSSR count). The zero-order chi connectivity index (χ0) is 22.5. The summed E-state index contributed by atoms with van der Waals surface area (Å²) in [6.45, 7) is 9.71. The lowest BCUT2D eigenvalue weighted by molar-refractivity contribution is 0.0390. The van der Waals surface area contributed by atoms with Crippen molar-refractivity contribution in [2.24, 2.45) is 0 Å². The number of carbonyl (C=O) groups is 1. The van der Waals surface area contributed by atoms with Crippen LogP contribution in [0.4, 0.5) is 4.79 Å². The highest BCUT2D eigenvalue weighted by atomic mass is 32.2. The van der Waals surface area contributed by atoms with Crippen LogP contribution in [0.3, 0.4) is 0 Å². The van der Waals surface area contributed by atoms with E-state index in [4.69, 9.17) is 18.4 Å². The number of amides is 1. The van der Waals surface area contributed by atoms with Gasteiger partial charge in [-0.05, 0) is 59.1 Å². The maximum atomic E-state index is 12.0. The Morgan fingerprint density at radius 1 is 0.900 bits per heavy atom. The lowest BCUT2D eigenvalue weighted by Gasteiger charge is -2.19. The Labute approximate surface area is 180 Å². The normalized spacial score (nSPS) is 12.0. The molecule has 0 aliphatic rings. The molecule has 9 heteroatoms. The van der Waals surface area contributed by atoms with Gasteiger partial charge in [0, 0.05) is 13.2 Å². The molecule has 30 heavy (non-hydrogen) atoms. The van der Waals surface area contributed by atoms with Gasteiger partial charge in [0.2, 0.25) is 0 Å². The van der Waals surface area contributed by atoms with Crippen molar-refractivity contribution in [2.45, 2.75) is 57.5 Å². The van der Waals surface area contributed by atoms with E-state index in [-0.39, 0.29) is 11.5 Å². The number of aryl methyl sites for hydroxylation is 1. The maximum absolute atomic E-state index is 12.0.